The van der Waals surface area contributed by atoms with Crippen LogP contribution < -0.4 is 0 Å². The molecular weight excluding hydrogens is 412 g/mol. The normalized spacial score (nSPS) is 45.7. The van der Waals surface area contributed by atoms with E-state index >= 15 is 0 Å². The summed E-state index contributed by atoms with van der Waals surface area (Å²) in [6, 6.07) is 4.83. The third-order valence-electron chi connectivity index (χ3n) is 11.3. The van der Waals surface area contributed by atoms with Crippen LogP contribution in [-0.2, 0) is 6.42 Å². The summed E-state index contributed by atoms with van der Waals surface area (Å²) in [5.41, 5.74) is 1.40. The maximum absolute atomic E-state index is 11.4. The molecule has 4 heteroatoms. The van der Waals surface area contributed by atoms with Crippen LogP contribution in [0.3, 0.4) is 0 Å². The van der Waals surface area contributed by atoms with Gasteiger partial charge in [0.2, 0.25) is 0 Å². The maximum atomic E-state index is 11.4. The number of rotatable bonds is 4. The molecule has 0 radical (unpaired) electrons. The van der Waals surface area contributed by atoms with Crippen LogP contribution in [0.5, 0.6) is 11.5 Å². The summed E-state index contributed by atoms with van der Waals surface area (Å²) in [6.07, 6.45) is 10.1. The number of aliphatic hydroxyl groups excluding tert-OH is 2. The summed E-state index contributed by atoms with van der Waals surface area (Å²) >= 11 is 0. The van der Waals surface area contributed by atoms with Crippen LogP contribution in [0.2, 0.25) is 0 Å². The number of aliphatic hydroxyl groups is 2. The van der Waals surface area contributed by atoms with E-state index in [-0.39, 0.29) is 34.5 Å². The first-order valence-corrected chi connectivity index (χ1v) is 13.5. The van der Waals surface area contributed by atoms with Crippen LogP contribution in [0.1, 0.15) is 84.1 Å². The summed E-state index contributed by atoms with van der Waals surface area (Å²) in [5, 5.41) is 41.7. The van der Waals surface area contributed by atoms with Gasteiger partial charge in [0, 0.05) is 0 Å². The molecule has 5 rings (SSSR count). The zero-order chi connectivity index (χ0) is 23.5. The minimum absolute atomic E-state index is 0.177. The quantitative estimate of drug-likeness (QED) is 0.441. The maximum Gasteiger partial charge on any atom is 0.119 e. The summed E-state index contributed by atoms with van der Waals surface area (Å²) in [4.78, 5) is 0. The Bertz CT molecular complexity index is 869. The lowest BCUT2D eigenvalue weighted by Crippen LogP contribution is -2.58. The van der Waals surface area contributed by atoms with Crippen molar-refractivity contribution in [2.24, 2.45) is 46.3 Å². The largest absolute Gasteiger partial charge is 0.508 e. The molecule has 4 aliphatic rings. The molecule has 10 atom stereocenters. The van der Waals surface area contributed by atoms with Crippen molar-refractivity contribution in [1.29, 1.82) is 0 Å². The molecule has 4 nitrogen and oxygen atoms in total. The lowest BCUT2D eigenvalue weighted by Gasteiger charge is -2.62. The fourth-order valence-electron chi connectivity index (χ4n) is 9.53. The number of hydrogen-bond acceptors (Lipinski definition) is 4. The van der Waals surface area contributed by atoms with E-state index in [1.165, 1.54) is 31.7 Å². The average Bonchev–Trinajstić information content (AvgIpc) is 3.12. The van der Waals surface area contributed by atoms with E-state index in [4.69, 9.17) is 0 Å². The molecule has 4 fully saturated rings. The van der Waals surface area contributed by atoms with Gasteiger partial charge in [-0.25, -0.2) is 0 Å². The summed E-state index contributed by atoms with van der Waals surface area (Å²) < 4.78 is 0. The molecule has 0 unspecified atom stereocenters. The van der Waals surface area contributed by atoms with Gasteiger partial charge < -0.3 is 20.4 Å². The number of phenols is 2. The molecule has 0 aliphatic heterocycles. The lowest BCUT2D eigenvalue weighted by atomic mass is 9.43. The smallest absolute Gasteiger partial charge is 0.119 e. The minimum Gasteiger partial charge on any atom is -0.508 e. The van der Waals surface area contributed by atoms with Crippen LogP contribution >= 0.6 is 0 Å². The van der Waals surface area contributed by atoms with E-state index in [1.54, 1.807) is 12.1 Å². The van der Waals surface area contributed by atoms with E-state index in [9.17, 15) is 20.4 Å². The zero-order valence-corrected chi connectivity index (χ0v) is 20.7. The highest BCUT2D eigenvalue weighted by molar-refractivity contribution is 5.38. The van der Waals surface area contributed by atoms with Gasteiger partial charge >= 0.3 is 0 Å². The van der Waals surface area contributed by atoms with Crippen molar-refractivity contribution >= 4 is 0 Å². The van der Waals surface area contributed by atoms with Crippen molar-refractivity contribution in [3.8, 4) is 11.5 Å². The Morgan fingerprint density at radius 2 is 1.67 bits per heavy atom. The van der Waals surface area contributed by atoms with E-state index in [2.05, 4.69) is 20.8 Å². The van der Waals surface area contributed by atoms with Crippen LogP contribution in [-0.4, -0.2) is 32.6 Å². The zero-order valence-electron chi connectivity index (χ0n) is 20.7. The van der Waals surface area contributed by atoms with Gasteiger partial charge in [0.15, 0.2) is 0 Å². The molecule has 0 amide bonds. The number of aryl methyl sites for hydroxylation is 1. The van der Waals surface area contributed by atoms with Gasteiger partial charge in [-0.05, 0) is 134 Å². The number of aromatic hydroxyl groups is 2. The Morgan fingerprint density at radius 1 is 0.939 bits per heavy atom. The molecule has 0 aromatic heterocycles. The second kappa shape index (κ2) is 8.45. The monoisotopic (exact) mass is 456 g/mol. The second-order valence-corrected chi connectivity index (χ2v) is 12.8. The SMILES string of the molecule is C[C@H](CCc1cc(O)ccc1O)[C@H]1CC[C@H]2[C@@H]3[C@H](O)C[C@@H]4C[C@H](O)CC[C@]4(C)[C@H]3CC[C@]12C. The van der Waals surface area contributed by atoms with Gasteiger partial charge in [0.05, 0.1) is 12.2 Å². The molecule has 1 aromatic rings. The van der Waals surface area contributed by atoms with Gasteiger partial charge in [-0.2, -0.15) is 0 Å². The van der Waals surface area contributed by atoms with Gasteiger partial charge in [-0.1, -0.05) is 20.8 Å². The molecule has 33 heavy (non-hydrogen) atoms. The molecule has 0 bridgehead atoms. The fraction of sp³-hybridized carbons (Fsp3) is 0.793. The van der Waals surface area contributed by atoms with Gasteiger partial charge in [0.1, 0.15) is 11.5 Å². The molecule has 0 spiro atoms. The Hall–Kier alpha value is -1.26. The predicted octanol–water partition coefficient (Wildman–Crippen LogP) is 5.66. The number of benzene rings is 1. The summed E-state index contributed by atoms with van der Waals surface area (Å²) in [6.45, 7) is 7.37. The highest BCUT2D eigenvalue weighted by Crippen LogP contribution is 2.68. The Kier molecular flexibility index (Phi) is 6.01. The number of phenolic OH excluding ortho intramolecular Hbond substituents is 2. The standard InChI is InChI=1S/C29H44O4/c1-17(4-5-18-14-20(30)6-9-25(18)32)22-7-8-23-27-24(11-13-29(22,23)3)28(2)12-10-21(31)15-19(28)16-26(27)33/h6,9,14,17,19,21-24,26-27,30-33H,4-5,7-8,10-13,15-16H2,1-3H3/t17-,19+,21-,22-,23+,24+,26-,27+,28+,29-/m1/s1. The number of hydrogen-bond donors (Lipinski definition) is 4. The lowest BCUT2D eigenvalue weighted by molar-refractivity contribution is -0.174. The molecule has 0 heterocycles. The molecule has 1 aromatic carbocycles. The second-order valence-electron chi connectivity index (χ2n) is 12.8. The van der Waals surface area contributed by atoms with Gasteiger partial charge in [-0.3, -0.25) is 0 Å². The third-order valence-corrected chi connectivity index (χ3v) is 11.3. The van der Waals surface area contributed by atoms with E-state index in [1.807, 2.05) is 0 Å². The van der Waals surface area contributed by atoms with Gasteiger partial charge in [-0.15, -0.1) is 0 Å². The molecule has 4 aliphatic carbocycles. The van der Waals surface area contributed by atoms with Crippen molar-refractivity contribution in [2.45, 2.75) is 97.2 Å². The first kappa shape index (κ1) is 23.5. The van der Waals surface area contributed by atoms with E-state index in [0.717, 1.165) is 44.1 Å². The van der Waals surface area contributed by atoms with Crippen LogP contribution in [0.4, 0.5) is 0 Å². The molecule has 184 valence electrons. The molecular formula is C29H44O4. The highest BCUT2D eigenvalue weighted by atomic mass is 16.3. The summed E-state index contributed by atoms with van der Waals surface area (Å²) in [5.74, 6) is 3.76. The Labute approximate surface area is 199 Å². The molecule has 4 N–H and O–H groups in total. The van der Waals surface area contributed by atoms with Crippen molar-refractivity contribution in [2.75, 3.05) is 0 Å². The van der Waals surface area contributed by atoms with Gasteiger partial charge in [0.25, 0.3) is 0 Å². The Balaban J connectivity index is 1.32. The van der Waals surface area contributed by atoms with Crippen molar-refractivity contribution in [1.82, 2.24) is 0 Å². The highest BCUT2D eigenvalue weighted by Gasteiger charge is 2.62. The predicted molar refractivity (Wildman–Crippen MR) is 130 cm³/mol. The topological polar surface area (TPSA) is 80.9 Å². The van der Waals surface area contributed by atoms with Crippen molar-refractivity contribution in [3.63, 3.8) is 0 Å². The molecule has 0 saturated heterocycles. The fourth-order valence-corrected chi connectivity index (χ4v) is 9.53. The average molecular weight is 457 g/mol. The third kappa shape index (κ3) is 3.80. The van der Waals surface area contributed by atoms with Crippen molar-refractivity contribution in [3.05, 3.63) is 23.8 Å². The first-order valence-electron chi connectivity index (χ1n) is 13.5. The van der Waals surface area contributed by atoms with Crippen molar-refractivity contribution < 1.29 is 20.4 Å². The molecule has 4 saturated carbocycles. The Morgan fingerprint density at radius 3 is 2.45 bits per heavy atom. The van der Waals surface area contributed by atoms with Crippen LogP contribution in [0.25, 0.3) is 0 Å². The minimum atomic E-state index is -0.221. The summed E-state index contributed by atoms with van der Waals surface area (Å²) in [7, 11) is 0. The number of fused-ring (bicyclic) bond motifs is 5. The van der Waals surface area contributed by atoms with Crippen LogP contribution in [0, 0.1) is 46.3 Å². The first-order chi connectivity index (χ1) is 15.6. The van der Waals surface area contributed by atoms with E-state index in [0.29, 0.717) is 35.5 Å². The van der Waals surface area contributed by atoms with E-state index < -0.39 is 0 Å². The van der Waals surface area contributed by atoms with Crippen LogP contribution in [0.15, 0.2) is 18.2 Å².